The highest BCUT2D eigenvalue weighted by molar-refractivity contribution is 5.95. The average Bonchev–Trinajstić information content (AvgIpc) is 2.47. The smallest absolute Gasteiger partial charge is 0.245 e. The second-order valence-corrected chi connectivity index (χ2v) is 6.00. The first-order chi connectivity index (χ1) is 9.63. The first kappa shape index (κ1) is 15.3. The van der Waals surface area contributed by atoms with E-state index in [9.17, 15) is 9.59 Å². The van der Waals surface area contributed by atoms with Crippen LogP contribution in [0.25, 0.3) is 0 Å². The highest BCUT2D eigenvalue weighted by atomic mass is 16.2. The highest BCUT2D eigenvalue weighted by Crippen LogP contribution is 2.23. The van der Waals surface area contributed by atoms with Crippen LogP contribution in [-0.2, 0) is 9.59 Å². The normalized spacial score (nSPS) is 24.8. The minimum absolute atomic E-state index is 0.128. The van der Waals surface area contributed by atoms with Crippen molar-refractivity contribution in [1.29, 1.82) is 0 Å². The predicted molar refractivity (Wildman–Crippen MR) is 78.3 cm³/mol. The van der Waals surface area contributed by atoms with Gasteiger partial charge in [0.05, 0.1) is 6.54 Å². The standard InChI is InChI=1S/C15H27N3O2/c1-3-8-16-12(2)7-10-17-11-14(19)18-9-5-4-6-13(18)15(17)20/h12-13,16H,3-11H2,1-2H3. The van der Waals surface area contributed by atoms with E-state index in [1.165, 1.54) is 0 Å². The molecule has 2 heterocycles. The van der Waals surface area contributed by atoms with Crippen LogP contribution >= 0.6 is 0 Å². The van der Waals surface area contributed by atoms with Crippen LogP contribution in [-0.4, -0.2) is 59.9 Å². The fourth-order valence-electron chi connectivity index (χ4n) is 3.06. The van der Waals surface area contributed by atoms with E-state index in [2.05, 4.69) is 19.2 Å². The molecule has 1 N–H and O–H groups in total. The molecule has 2 atom stereocenters. The molecule has 20 heavy (non-hydrogen) atoms. The molecule has 0 aromatic rings. The predicted octanol–water partition coefficient (Wildman–Crippen LogP) is 0.988. The molecule has 0 aromatic carbocycles. The number of rotatable bonds is 6. The van der Waals surface area contributed by atoms with Crippen LogP contribution in [0.1, 0.15) is 46.0 Å². The van der Waals surface area contributed by atoms with Gasteiger partial charge in [-0.3, -0.25) is 9.59 Å². The number of piperazine rings is 1. The van der Waals surface area contributed by atoms with Crippen LogP contribution in [0.2, 0.25) is 0 Å². The Labute approximate surface area is 121 Å². The topological polar surface area (TPSA) is 52.7 Å². The molecule has 0 radical (unpaired) electrons. The Hall–Kier alpha value is -1.10. The van der Waals surface area contributed by atoms with Gasteiger partial charge in [-0.2, -0.15) is 0 Å². The summed E-state index contributed by atoms with van der Waals surface area (Å²) in [7, 11) is 0. The quantitative estimate of drug-likeness (QED) is 0.790. The molecule has 0 aliphatic carbocycles. The average molecular weight is 281 g/mol. The molecule has 0 spiro atoms. The third-order valence-electron chi connectivity index (χ3n) is 4.32. The number of carbonyl (C=O) groups is 2. The number of nitrogens with zero attached hydrogens (tertiary/aromatic N) is 2. The summed E-state index contributed by atoms with van der Waals surface area (Å²) < 4.78 is 0. The number of fused-ring (bicyclic) bond motifs is 1. The van der Waals surface area contributed by atoms with Crippen LogP contribution in [0.4, 0.5) is 0 Å². The molecular weight excluding hydrogens is 254 g/mol. The largest absolute Gasteiger partial charge is 0.332 e. The van der Waals surface area contributed by atoms with Crippen LogP contribution in [0.5, 0.6) is 0 Å². The maximum atomic E-state index is 12.4. The zero-order valence-corrected chi connectivity index (χ0v) is 12.7. The first-order valence-electron chi connectivity index (χ1n) is 7.95. The van der Waals surface area contributed by atoms with Gasteiger partial charge in [-0.25, -0.2) is 0 Å². The summed E-state index contributed by atoms with van der Waals surface area (Å²) in [5.74, 6) is 0.287. The molecule has 0 bridgehead atoms. The number of piperidine rings is 1. The summed E-state index contributed by atoms with van der Waals surface area (Å²) in [5, 5.41) is 3.42. The van der Waals surface area contributed by atoms with Crippen molar-refractivity contribution in [1.82, 2.24) is 15.1 Å². The Morgan fingerprint density at radius 2 is 2.15 bits per heavy atom. The first-order valence-corrected chi connectivity index (χ1v) is 7.95. The lowest BCUT2D eigenvalue weighted by atomic mass is 9.98. The molecule has 114 valence electrons. The van der Waals surface area contributed by atoms with Crippen LogP contribution in [0, 0.1) is 0 Å². The summed E-state index contributed by atoms with van der Waals surface area (Å²) >= 11 is 0. The number of hydrogen-bond donors (Lipinski definition) is 1. The third kappa shape index (κ3) is 3.51. The van der Waals surface area contributed by atoms with Gasteiger partial charge < -0.3 is 15.1 Å². The molecular formula is C15H27N3O2. The molecule has 2 saturated heterocycles. The summed E-state index contributed by atoms with van der Waals surface area (Å²) in [6, 6.07) is 0.214. The third-order valence-corrected chi connectivity index (χ3v) is 4.32. The van der Waals surface area contributed by atoms with Crippen LogP contribution < -0.4 is 5.32 Å². The number of hydrogen-bond acceptors (Lipinski definition) is 3. The van der Waals surface area contributed by atoms with E-state index < -0.39 is 0 Å². The van der Waals surface area contributed by atoms with Gasteiger partial charge in [-0.1, -0.05) is 6.92 Å². The molecule has 0 saturated carbocycles. The van der Waals surface area contributed by atoms with E-state index in [4.69, 9.17) is 0 Å². The van der Waals surface area contributed by atoms with Crippen molar-refractivity contribution in [3.8, 4) is 0 Å². The maximum absolute atomic E-state index is 12.4. The molecule has 2 aliphatic rings. The minimum atomic E-state index is -0.177. The summed E-state index contributed by atoms with van der Waals surface area (Å²) in [4.78, 5) is 28.1. The Kier molecular flexibility index (Phi) is 5.40. The fourth-order valence-corrected chi connectivity index (χ4v) is 3.06. The lowest BCUT2D eigenvalue weighted by Crippen LogP contribution is -2.61. The zero-order chi connectivity index (χ0) is 14.5. The Morgan fingerprint density at radius 1 is 1.35 bits per heavy atom. The van der Waals surface area contributed by atoms with Crippen molar-refractivity contribution in [3.63, 3.8) is 0 Å². The van der Waals surface area contributed by atoms with Crippen LogP contribution in [0.15, 0.2) is 0 Å². The van der Waals surface area contributed by atoms with E-state index in [0.717, 1.165) is 45.2 Å². The summed E-state index contributed by atoms with van der Waals surface area (Å²) in [6.07, 6.45) is 4.95. The van der Waals surface area contributed by atoms with E-state index in [1.54, 1.807) is 9.80 Å². The lowest BCUT2D eigenvalue weighted by molar-refractivity contribution is -0.157. The van der Waals surface area contributed by atoms with E-state index in [0.29, 0.717) is 12.6 Å². The molecule has 2 amide bonds. The van der Waals surface area contributed by atoms with E-state index >= 15 is 0 Å². The van der Waals surface area contributed by atoms with E-state index in [1.807, 2.05) is 0 Å². The number of nitrogens with one attached hydrogen (secondary N) is 1. The van der Waals surface area contributed by atoms with Crippen molar-refractivity contribution in [3.05, 3.63) is 0 Å². The second-order valence-electron chi connectivity index (χ2n) is 6.00. The van der Waals surface area contributed by atoms with Gasteiger partial charge in [0.25, 0.3) is 0 Å². The van der Waals surface area contributed by atoms with Gasteiger partial charge >= 0.3 is 0 Å². The Bertz CT molecular complexity index is 359. The number of carbonyl (C=O) groups excluding carboxylic acids is 2. The van der Waals surface area contributed by atoms with Crippen molar-refractivity contribution in [2.24, 2.45) is 0 Å². The van der Waals surface area contributed by atoms with Crippen molar-refractivity contribution in [2.75, 3.05) is 26.2 Å². The van der Waals surface area contributed by atoms with Crippen molar-refractivity contribution < 1.29 is 9.59 Å². The fraction of sp³-hybridized carbons (Fsp3) is 0.867. The monoisotopic (exact) mass is 281 g/mol. The molecule has 2 fully saturated rings. The number of amides is 2. The van der Waals surface area contributed by atoms with Gasteiger partial charge in [0.15, 0.2) is 0 Å². The Balaban J connectivity index is 1.86. The summed E-state index contributed by atoms with van der Waals surface area (Å²) in [6.45, 7) is 7.01. The van der Waals surface area contributed by atoms with Gasteiger partial charge in [0.1, 0.15) is 6.04 Å². The SMILES string of the molecule is CCCNC(C)CCN1CC(=O)N2CCCCC2C1=O. The highest BCUT2D eigenvalue weighted by Gasteiger charge is 2.40. The Morgan fingerprint density at radius 3 is 2.90 bits per heavy atom. The lowest BCUT2D eigenvalue weighted by Gasteiger charge is -2.43. The van der Waals surface area contributed by atoms with Gasteiger partial charge in [-0.05, 0) is 45.6 Å². The second kappa shape index (κ2) is 7.07. The summed E-state index contributed by atoms with van der Waals surface area (Å²) in [5.41, 5.74) is 0. The van der Waals surface area contributed by atoms with E-state index in [-0.39, 0.29) is 24.4 Å². The van der Waals surface area contributed by atoms with Crippen LogP contribution in [0.3, 0.4) is 0 Å². The minimum Gasteiger partial charge on any atom is -0.332 e. The van der Waals surface area contributed by atoms with Gasteiger partial charge in [-0.15, -0.1) is 0 Å². The van der Waals surface area contributed by atoms with Crippen molar-refractivity contribution >= 4 is 11.8 Å². The maximum Gasteiger partial charge on any atom is 0.245 e. The van der Waals surface area contributed by atoms with Gasteiger partial charge in [0.2, 0.25) is 11.8 Å². The molecule has 0 aromatic heterocycles. The van der Waals surface area contributed by atoms with Crippen molar-refractivity contribution in [2.45, 2.75) is 58.0 Å². The van der Waals surface area contributed by atoms with Gasteiger partial charge in [0, 0.05) is 19.1 Å². The molecule has 5 heteroatoms. The molecule has 2 unspecified atom stereocenters. The molecule has 2 aliphatic heterocycles. The molecule has 2 rings (SSSR count). The molecule has 5 nitrogen and oxygen atoms in total. The zero-order valence-electron chi connectivity index (χ0n) is 12.7.